The number of piperidine rings is 1. The number of amides is 1. The number of carbonyl (C=O) groups excluding carboxylic acids is 1. The predicted molar refractivity (Wildman–Crippen MR) is 117 cm³/mol. The lowest BCUT2D eigenvalue weighted by Crippen LogP contribution is -2.44. The molecule has 0 radical (unpaired) electrons. The molecule has 29 heavy (non-hydrogen) atoms. The smallest absolute Gasteiger partial charge is 0.289 e. The fraction of sp³-hybridized carbons (Fsp3) is 0.318. The van der Waals surface area contributed by atoms with E-state index in [0.717, 1.165) is 23.8 Å². The average Bonchev–Trinajstić information content (AvgIpc) is 3.11. The Morgan fingerprint density at radius 2 is 1.86 bits per heavy atom. The topological polar surface area (TPSA) is 45.5 Å². The molecule has 1 saturated heterocycles. The molecule has 0 atom stereocenters. The number of hydrogen-bond acceptors (Lipinski definition) is 4. The highest BCUT2D eigenvalue weighted by atomic mass is 35.5. The van der Waals surface area contributed by atoms with Gasteiger partial charge in [-0.05, 0) is 38.1 Å². The third-order valence-corrected chi connectivity index (χ3v) is 6.37. The number of likely N-dealkylation sites (tertiary alicyclic amines) is 1. The molecule has 0 unspecified atom stereocenters. The molecule has 1 amide bonds. The number of nitrogens with one attached hydrogen (secondary N) is 1. The van der Waals surface area contributed by atoms with Gasteiger partial charge in [0.1, 0.15) is 11.4 Å². The summed E-state index contributed by atoms with van der Waals surface area (Å²) >= 11 is 1.39. The van der Waals surface area contributed by atoms with Crippen LogP contribution < -0.4 is 5.32 Å². The number of para-hydroxylation sites is 1. The SMILES string of the molecule is CNC1CCN(C(=O)c2oc3ccccc3c2CSc2ccccc2F)CC1.Cl. The summed E-state index contributed by atoms with van der Waals surface area (Å²) in [7, 11) is 1.96. The largest absolute Gasteiger partial charge is 0.451 e. The zero-order valence-electron chi connectivity index (χ0n) is 16.2. The quantitative estimate of drug-likeness (QED) is 0.567. The molecule has 154 valence electrons. The van der Waals surface area contributed by atoms with E-state index in [-0.39, 0.29) is 24.1 Å². The van der Waals surface area contributed by atoms with Gasteiger partial charge in [0.15, 0.2) is 5.76 Å². The van der Waals surface area contributed by atoms with Gasteiger partial charge < -0.3 is 14.6 Å². The van der Waals surface area contributed by atoms with E-state index in [2.05, 4.69) is 5.32 Å². The van der Waals surface area contributed by atoms with Gasteiger partial charge in [0.05, 0.1) is 0 Å². The maximum atomic E-state index is 14.0. The first-order chi connectivity index (χ1) is 13.7. The van der Waals surface area contributed by atoms with Gasteiger partial charge in [-0.2, -0.15) is 0 Å². The lowest BCUT2D eigenvalue weighted by atomic mass is 10.0. The van der Waals surface area contributed by atoms with Crippen LogP contribution in [0.4, 0.5) is 4.39 Å². The first kappa shape index (κ1) is 21.7. The number of benzene rings is 2. The third-order valence-electron chi connectivity index (χ3n) is 5.29. The molecule has 0 aliphatic carbocycles. The Labute approximate surface area is 180 Å². The summed E-state index contributed by atoms with van der Waals surface area (Å²) in [6.45, 7) is 1.42. The van der Waals surface area contributed by atoms with E-state index in [0.29, 0.717) is 41.1 Å². The summed E-state index contributed by atoms with van der Waals surface area (Å²) in [5.74, 6) is 0.538. The summed E-state index contributed by atoms with van der Waals surface area (Å²) in [4.78, 5) is 15.6. The van der Waals surface area contributed by atoms with E-state index < -0.39 is 0 Å². The molecular formula is C22H24ClFN2O2S. The Morgan fingerprint density at radius 3 is 2.59 bits per heavy atom. The minimum atomic E-state index is -0.248. The van der Waals surface area contributed by atoms with Crippen LogP contribution >= 0.6 is 24.2 Å². The number of furan rings is 1. The number of halogens is 2. The lowest BCUT2D eigenvalue weighted by Gasteiger charge is -2.31. The van der Waals surface area contributed by atoms with Crippen molar-refractivity contribution in [1.29, 1.82) is 0 Å². The Kier molecular flexibility index (Phi) is 7.22. The minimum absolute atomic E-state index is 0. The molecule has 3 aromatic rings. The van der Waals surface area contributed by atoms with Crippen LogP contribution in [0.15, 0.2) is 57.8 Å². The Balaban J connectivity index is 0.00000240. The van der Waals surface area contributed by atoms with Gasteiger partial charge in [0.25, 0.3) is 5.91 Å². The van der Waals surface area contributed by atoms with Crippen LogP contribution in [0.3, 0.4) is 0 Å². The monoisotopic (exact) mass is 434 g/mol. The molecule has 2 heterocycles. The fourth-order valence-electron chi connectivity index (χ4n) is 3.64. The Morgan fingerprint density at radius 1 is 1.17 bits per heavy atom. The van der Waals surface area contributed by atoms with E-state index >= 15 is 0 Å². The summed E-state index contributed by atoms with van der Waals surface area (Å²) in [6.07, 6.45) is 1.86. The van der Waals surface area contributed by atoms with Crippen LogP contribution in [0.2, 0.25) is 0 Å². The maximum Gasteiger partial charge on any atom is 0.289 e. The summed E-state index contributed by atoms with van der Waals surface area (Å²) in [5.41, 5.74) is 1.53. The molecule has 1 N–H and O–H groups in total. The molecule has 0 bridgehead atoms. The van der Waals surface area contributed by atoms with Crippen molar-refractivity contribution in [1.82, 2.24) is 10.2 Å². The van der Waals surface area contributed by atoms with Gasteiger partial charge in [-0.1, -0.05) is 30.3 Å². The first-order valence-corrected chi connectivity index (χ1v) is 10.5. The average molecular weight is 435 g/mol. The Hall–Kier alpha value is -2.02. The molecule has 2 aromatic carbocycles. The Bertz CT molecular complexity index is 986. The summed E-state index contributed by atoms with van der Waals surface area (Å²) < 4.78 is 20.0. The summed E-state index contributed by atoms with van der Waals surface area (Å²) in [6, 6.07) is 14.8. The van der Waals surface area contributed by atoms with Crippen LogP contribution in [0.5, 0.6) is 0 Å². The van der Waals surface area contributed by atoms with E-state index in [1.54, 1.807) is 12.1 Å². The van der Waals surface area contributed by atoms with Crippen LogP contribution in [0.25, 0.3) is 11.0 Å². The summed E-state index contributed by atoms with van der Waals surface area (Å²) in [5, 5.41) is 4.20. The van der Waals surface area contributed by atoms with Crippen molar-refractivity contribution >= 4 is 41.0 Å². The van der Waals surface area contributed by atoms with Crippen LogP contribution in [-0.2, 0) is 5.75 Å². The van der Waals surface area contributed by atoms with Crippen molar-refractivity contribution in [3.63, 3.8) is 0 Å². The maximum absolute atomic E-state index is 14.0. The van der Waals surface area contributed by atoms with Crippen molar-refractivity contribution in [2.75, 3.05) is 20.1 Å². The number of thioether (sulfide) groups is 1. The van der Waals surface area contributed by atoms with Crippen LogP contribution in [0.1, 0.15) is 29.0 Å². The van der Waals surface area contributed by atoms with Crippen LogP contribution in [0, 0.1) is 5.82 Å². The van der Waals surface area contributed by atoms with Gasteiger partial charge in [0.2, 0.25) is 0 Å². The molecule has 1 aliphatic rings. The van der Waals surface area contributed by atoms with Gasteiger partial charge in [-0.3, -0.25) is 4.79 Å². The highest BCUT2D eigenvalue weighted by molar-refractivity contribution is 7.98. The van der Waals surface area contributed by atoms with Crippen molar-refractivity contribution in [3.8, 4) is 0 Å². The number of hydrogen-bond donors (Lipinski definition) is 1. The van der Waals surface area contributed by atoms with Gasteiger partial charge in [-0.15, -0.1) is 24.2 Å². The second kappa shape index (κ2) is 9.65. The van der Waals surface area contributed by atoms with Gasteiger partial charge in [0, 0.05) is 40.7 Å². The van der Waals surface area contributed by atoms with Crippen LogP contribution in [-0.4, -0.2) is 37.0 Å². The predicted octanol–water partition coefficient (Wildman–Crippen LogP) is 5.11. The van der Waals surface area contributed by atoms with E-state index in [4.69, 9.17) is 4.42 Å². The highest BCUT2D eigenvalue weighted by Gasteiger charge is 2.28. The van der Waals surface area contributed by atoms with Crippen molar-refractivity contribution in [2.24, 2.45) is 0 Å². The molecular weight excluding hydrogens is 411 g/mol. The van der Waals surface area contributed by atoms with Crippen molar-refractivity contribution in [3.05, 3.63) is 65.7 Å². The van der Waals surface area contributed by atoms with Gasteiger partial charge >= 0.3 is 0 Å². The second-order valence-corrected chi connectivity index (χ2v) is 8.00. The zero-order valence-corrected chi connectivity index (χ0v) is 17.8. The highest BCUT2D eigenvalue weighted by Crippen LogP contribution is 2.34. The molecule has 7 heteroatoms. The molecule has 1 fully saturated rings. The van der Waals surface area contributed by atoms with Gasteiger partial charge in [-0.25, -0.2) is 4.39 Å². The number of carbonyl (C=O) groups is 1. The molecule has 4 rings (SSSR count). The lowest BCUT2D eigenvalue weighted by molar-refractivity contribution is 0.0676. The molecule has 1 aliphatic heterocycles. The number of fused-ring (bicyclic) bond motifs is 1. The first-order valence-electron chi connectivity index (χ1n) is 9.51. The van der Waals surface area contributed by atoms with Crippen molar-refractivity contribution in [2.45, 2.75) is 29.5 Å². The van der Waals surface area contributed by atoms with E-state index in [1.165, 1.54) is 17.8 Å². The minimum Gasteiger partial charge on any atom is -0.451 e. The molecule has 0 spiro atoms. The van der Waals surface area contributed by atoms with E-state index in [9.17, 15) is 9.18 Å². The van der Waals surface area contributed by atoms with E-state index in [1.807, 2.05) is 42.3 Å². The standard InChI is InChI=1S/C22H23FN2O2S.ClH/c1-24-15-10-12-25(13-11-15)22(26)21-17(16-6-2-4-8-19(16)27-21)14-28-20-9-5-3-7-18(20)23;/h2-9,15,24H,10-14H2,1H3;1H. The molecule has 1 aromatic heterocycles. The molecule has 4 nitrogen and oxygen atoms in total. The second-order valence-electron chi connectivity index (χ2n) is 6.98. The number of rotatable bonds is 5. The molecule has 0 saturated carbocycles. The zero-order chi connectivity index (χ0) is 19.5. The fourth-order valence-corrected chi connectivity index (χ4v) is 4.61. The normalized spacial score (nSPS) is 14.8. The van der Waals surface area contributed by atoms with Crippen molar-refractivity contribution < 1.29 is 13.6 Å². The number of nitrogens with zero attached hydrogens (tertiary/aromatic N) is 1. The third kappa shape index (κ3) is 4.60.